The lowest BCUT2D eigenvalue weighted by Gasteiger charge is -2.07. The van der Waals surface area contributed by atoms with Gasteiger partial charge < -0.3 is 10.4 Å². The summed E-state index contributed by atoms with van der Waals surface area (Å²) in [5.41, 5.74) is 2.08. The molecule has 0 atom stereocenters. The van der Waals surface area contributed by atoms with Crippen molar-refractivity contribution in [3.63, 3.8) is 0 Å². The number of hydrogen-bond acceptors (Lipinski definition) is 3. The summed E-state index contributed by atoms with van der Waals surface area (Å²) in [6, 6.07) is 14.6. The van der Waals surface area contributed by atoms with Crippen LogP contribution in [0.4, 0.5) is 5.69 Å². The van der Waals surface area contributed by atoms with Crippen molar-refractivity contribution in [2.45, 2.75) is 11.5 Å². The number of thioether (sulfide) groups is 1. The van der Waals surface area contributed by atoms with Crippen LogP contribution in [0.2, 0.25) is 0 Å². The highest BCUT2D eigenvalue weighted by Gasteiger charge is 2.06. The van der Waals surface area contributed by atoms with Crippen LogP contribution in [0, 0.1) is 0 Å². The van der Waals surface area contributed by atoms with E-state index in [9.17, 15) is 4.79 Å². The Kier molecular flexibility index (Phi) is 4.60. The maximum Gasteiger partial charge on any atom is 0.255 e. The maximum absolute atomic E-state index is 12.0. The van der Waals surface area contributed by atoms with Crippen LogP contribution < -0.4 is 5.32 Å². The van der Waals surface area contributed by atoms with Crippen LogP contribution >= 0.6 is 11.8 Å². The molecule has 0 spiro atoms. The third-order valence-electron chi connectivity index (χ3n) is 2.72. The molecule has 2 aromatic rings. The molecule has 0 saturated heterocycles. The minimum Gasteiger partial charge on any atom is -0.392 e. The Labute approximate surface area is 116 Å². The standard InChI is InChI=1S/C15H15NO2S/c1-19-14-7-5-12(6-8-14)15(18)16-13-4-2-3-11(9-13)10-17/h2-9,17H,10H2,1H3,(H,16,18). The summed E-state index contributed by atoms with van der Waals surface area (Å²) in [4.78, 5) is 13.2. The molecule has 0 aliphatic rings. The molecule has 0 unspecified atom stereocenters. The summed E-state index contributed by atoms with van der Waals surface area (Å²) in [7, 11) is 0. The van der Waals surface area contributed by atoms with Crippen molar-refractivity contribution in [2.75, 3.05) is 11.6 Å². The van der Waals surface area contributed by atoms with Gasteiger partial charge in [-0.25, -0.2) is 0 Å². The summed E-state index contributed by atoms with van der Waals surface area (Å²) < 4.78 is 0. The zero-order chi connectivity index (χ0) is 13.7. The Morgan fingerprint density at radius 3 is 2.58 bits per heavy atom. The van der Waals surface area contributed by atoms with Crippen LogP contribution in [-0.4, -0.2) is 17.3 Å². The van der Waals surface area contributed by atoms with Crippen molar-refractivity contribution < 1.29 is 9.90 Å². The first-order valence-corrected chi connectivity index (χ1v) is 7.10. The Balaban J connectivity index is 2.11. The average Bonchev–Trinajstić information content (AvgIpc) is 2.47. The van der Waals surface area contributed by atoms with Gasteiger partial charge in [-0.1, -0.05) is 12.1 Å². The summed E-state index contributed by atoms with van der Waals surface area (Å²) in [5, 5.41) is 11.9. The van der Waals surface area contributed by atoms with Gasteiger partial charge in [0.2, 0.25) is 0 Å². The van der Waals surface area contributed by atoms with Crippen molar-refractivity contribution in [3.05, 3.63) is 59.7 Å². The largest absolute Gasteiger partial charge is 0.392 e. The number of amides is 1. The number of carbonyl (C=O) groups is 1. The summed E-state index contributed by atoms with van der Waals surface area (Å²) in [5.74, 6) is -0.150. The van der Waals surface area contributed by atoms with Gasteiger partial charge in [0.15, 0.2) is 0 Å². The topological polar surface area (TPSA) is 49.3 Å². The average molecular weight is 273 g/mol. The molecule has 98 valence electrons. The van der Waals surface area contributed by atoms with Crippen molar-refractivity contribution in [3.8, 4) is 0 Å². The van der Waals surface area contributed by atoms with Gasteiger partial charge in [-0.2, -0.15) is 0 Å². The van der Waals surface area contributed by atoms with Gasteiger partial charge in [0, 0.05) is 16.1 Å². The fraction of sp³-hybridized carbons (Fsp3) is 0.133. The predicted octanol–water partition coefficient (Wildman–Crippen LogP) is 3.15. The van der Waals surface area contributed by atoms with E-state index < -0.39 is 0 Å². The first kappa shape index (κ1) is 13.6. The van der Waals surface area contributed by atoms with Gasteiger partial charge in [0.1, 0.15) is 0 Å². The van der Waals surface area contributed by atoms with E-state index in [1.165, 1.54) is 0 Å². The number of carbonyl (C=O) groups excluding carboxylic acids is 1. The molecular weight excluding hydrogens is 258 g/mol. The first-order valence-electron chi connectivity index (χ1n) is 5.88. The Hall–Kier alpha value is -1.78. The lowest BCUT2D eigenvalue weighted by molar-refractivity contribution is 0.102. The van der Waals surface area contributed by atoms with E-state index in [1.54, 1.807) is 42.1 Å². The van der Waals surface area contributed by atoms with Gasteiger partial charge >= 0.3 is 0 Å². The molecular formula is C15H15NO2S. The molecule has 4 heteroatoms. The lowest BCUT2D eigenvalue weighted by Crippen LogP contribution is -2.11. The molecule has 0 aliphatic carbocycles. The number of anilines is 1. The predicted molar refractivity (Wildman–Crippen MR) is 78.5 cm³/mol. The van der Waals surface area contributed by atoms with Crippen LogP contribution in [0.1, 0.15) is 15.9 Å². The lowest BCUT2D eigenvalue weighted by atomic mass is 10.2. The van der Waals surface area contributed by atoms with Crippen LogP contribution in [0.25, 0.3) is 0 Å². The van der Waals surface area contributed by atoms with E-state index in [2.05, 4.69) is 5.32 Å². The third kappa shape index (κ3) is 3.59. The van der Waals surface area contributed by atoms with E-state index in [0.29, 0.717) is 11.3 Å². The normalized spacial score (nSPS) is 10.2. The molecule has 0 aromatic heterocycles. The molecule has 0 aliphatic heterocycles. The Bertz CT molecular complexity index is 567. The molecule has 0 radical (unpaired) electrons. The zero-order valence-electron chi connectivity index (χ0n) is 10.6. The maximum atomic E-state index is 12.0. The number of benzene rings is 2. The van der Waals surface area contributed by atoms with Crippen molar-refractivity contribution in [1.29, 1.82) is 0 Å². The van der Waals surface area contributed by atoms with Gasteiger partial charge in [-0.15, -0.1) is 11.8 Å². The third-order valence-corrected chi connectivity index (χ3v) is 3.46. The second-order valence-electron chi connectivity index (χ2n) is 4.04. The van der Waals surface area contributed by atoms with Gasteiger partial charge in [-0.05, 0) is 48.2 Å². The van der Waals surface area contributed by atoms with E-state index in [1.807, 2.05) is 24.5 Å². The van der Waals surface area contributed by atoms with Crippen molar-refractivity contribution >= 4 is 23.4 Å². The van der Waals surface area contributed by atoms with Crippen LogP contribution in [-0.2, 0) is 6.61 Å². The Morgan fingerprint density at radius 2 is 1.95 bits per heavy atom. The van der Waals surface area contributed by atoms with Gasteiger partial charge in [0.05, 0.1) is 6.61 Å². The molecule has 1 amide bonds. The molecule has 0 heterocycles. The molecule has 2 N–H and O–H groups in total. The summed E-state index contributed by atoms with van der Waals surface area (Å²) >= 11 is 1.64. The number of aliphatic hydroxyl groups is 1. The Morgan fingerprint density at radius 1 is 1.21 bits per heavy atom. The molecule has 0 saturated carbocycles. The van der Waals surface area contributed by atoms with Crippen molar-refractivity contribution in [2.24, 2.45) is 0 Å². The molecule has 2 aromatic carbocycles. The highest BCUT2D eigenvalue weighted by atomic mass is 32.2. The smallest absolute Gasteiger partial charge is 0.255 e. The molecule has 19 heavy (non-hydrogen) atoms. The monoisotopic (exact) mass is 273 g/mol. The number of aliphatic hydroxyl groups excluding tert-OH is 1. The fourth-order valence-corrected chi connectivity index (χ4v) is 2.10. The number of rotatable bonds is 4. The van der Waals surface area contributed by atoms with Crippen molar-refractivity contribution in [1.82, 2.24) is 0 Å². The van der Waals surface area contributed by atoms with Crippen LogP contribution in [0.5, 0.6) is 0 Å². The summed E-state index contributed by atoms with van der Waals surface area (Å²) in [6.45, 7) is -0.0356. The van der Waals surface area contributed by atoms with E-state index in [0.717, 1.165) is 10.5 Å². The fourth-order valence-electron chi connectivity index (χ4n) is 1.69. The number of nitrogens with one attached hydrogen (secondary N) is 1. The quantitative estimate of drug-likeness (QED) is 0.841. The van der Waals surface area contributed by atoms with Crippen LogP contribution in [0.15, 0.2) is 53.4 Å². The highest BCUT2D eigenvalue weighted by Crippen LogP contribution is 2.16. The van der Waals surface area contributed by atoms with Gasteiger partial charge in [-0.3, -0.25) is 4.79 Å². The second kappa shape index (κ2) is 6.41. The molecule has 0 bridgehead atoms. The SMILES string of the molecule is CSc1ccc(C(=O)Nc2cccc(CO)c2)cc1. The highest BCUT2D eigenvalue weighted by molar-refractivity contribution is 7.98. The number of hydrogen-bond donors (Lipinski definition) is 2. The van der Waals surface area contributed by atoms with E-state index in [-0.39, 0.29) is 12.5 Å². The molecule has 0 fully saturated rings. The van der Waals surface area contributed by atoms with Crippen LogP contribution in [0.3, 0.4) is 0 Å². The second-order valence-corrected chi connectivity index (χ2v) is 4.92. The minimum atomic E-state index is -0.150. The zero-order valence-corrected chi connectivity index (χ0v) is 11.4. The minimum absolute atomic E-state index is 0.0356. The van der Waals surface area contributed by atoms with E-state index >= 15 is 0 Å². The summed E-state index contributed by atoms with van der Waals surface area (Å²) in [6.07, 6.45) is 2.00. The van der Waals surface area contributed by atoms with E-state index in [4.69, 9.17) is 5.11 Å². The molecule has 3 nitrogen and oxygen atoms in total. The first-order chi connectivity index (χ1) is 9.22. The van der Waals surface area contributed by atoms with Gasteiger partial charge in [0.25, 0.3) is 5.91 Å². The molecule has 2 rings (SSSR count).